The van der Waals surface area contributed by atoms with E-state index in [4.69, 9.17) is 4.74 Å². The highest BCUT2D eigenvalue weighted by molar-refractivity contribution is 7.16. The predicted molar refractivity (Wildman–Crippen MR) is 109 cm³/mol. The number of para-hydroxylation sites is 1. The van der Waals surface area contributed by atoms with E-state index in [0.717, 1.165) is 10.7 Å². The monoisotopic (exact) mass is 411 g/mol. The van der Waals surface area contributed by atoms with Crippen molar-refractivity contribution in [2.45, 2.75) is 20.4 Å². The molecule has 0 radical (unpaired) electrons. The second-order valence-corrected chi connectivity index (χ2v) is 7.58. The van der Waals surface area contributed by atoms with Crippen LogP contribution in [0.15, 0.2) is 35.1 Å². The Morgan fingerprint density at radius 3 is 2.76 bits per heavy atom. The van der Waals surface area contributed by atoms with Gasteiger partial charge < -0.3 is 14.6 Å². The van der Waals surface area contributed by atoms with Crippen molar-refractivity contribution in [3.05, 3.63) is 57.0 Å². The summed E-state index contributed by atoms with van der Waals surface area (Å²) in [4.78, 5) is 42.5. The third-order valence-electron chi connectivity index (χ3n) is 4.46. The number of aromatic nitrogens is 4. The number of amides is 1. The molecular weight excluding hydrogens is 394 g/mol. The van der Waals surface area contributed by atoms with Gasteiger partial charge in [0.1, 0.15) is 17.1 Å². The summed E-state index contributed by atoms with van der Waals surface area (Å²) in [6.07, 6.45) is 0. The van der Waals surface area contributed by atoms with Gasteiger partial charge in [0.15, 0.2) is 0 Å². The van der Waals surface area contributed by atoms with Gasteiger partial charge in [-0.2, -0.15) is 9.61 Å². The number of fused-ring (bicyclic) bond motifs is 2. The van der Waals surface area contributed by atoms with Crippen LogP contribution in [0, 0.1) is 13.8 Å². The highest BCUT2D eigenvalue weighted by Crippen LogP contribution is 2.20. The molecule has 0 fully saturated rings. The fraction of sp³-hybridized carbons (Fsp3) is 0.211. The van der Waals surface area contributed by atoms with Gasteiger partial charge in [0, 0.05) is 5.69 Å². The van der Waals surface area contributed by atoms with Crippen molar-refractivity contribution in [1.29, 1.82) is 0 Å². The van der Waals surface area contributed by atoms with Gasteiger partial charge in [0.05, 0.1) is 23.9 Å². The lowest BCUT2D eigenvalue weighted by molar-refractivity contribution is -0.116. The molecule has 0 atom stereocenters. The molecule has 148 valence electrons. The lowest BCUT2D eigenvalue weighted by atomic mass is 10.2. The Morgan fingerprint density at radius 2 is 2.00 bits per heavy atom. The molecule has 29 heavy (non-hydrogen) atoms. The SMILES string of the molecule is COC(=O)c1ccccc1NC(=O)Cn1c(C)cc2nc3sc(C)nn3c(=O)c21. The number of hydrogen-bond acceptors (Lipinski definition) is 7. The summed E-state index contributed by atoms with van der Waals surface area (Å²) >= 11 is 1.33. The molecule has 0 saturated heterocycles. The Balaban J connectivity index is 1.71. The first-order valence-electron chi connectivity index (χ1n) is 8.72. The summed E-state index contributed by atoms with van der Waals surface area (Å²) in [5, 5.41) is 7.63. The molecule has 0 saturated carbocycles. The zero-order valence-corrected chi connectivity index (χ0v) is 16.7. The number of nitrogens with zero attached hydrogens (tertiary/aromatic N) is 4. The van der Waals surface area contributed by atoms with Crippen molar-refractivity contribution in [3.63, 3.8) is 0 Å². The smallest absolute Gasteiger partial charge is 0.339 e. The molecule has 0 aliphatic heterocycles. The van der Waals surface area contributed by atoms with Crippen molar-refractivity contribution in [2.24, 2.45) is 0 Å². The van der Waals surface area contributed by atoms with E-state index in [1.165, 1.54) is 23.0 Å². The molecule has 0 aliphatic carbocycles. The van der Waals surface area contributed by atoms with Crippen molar-refractivity contribution >= 4 is 44.9 Å². The minimum Gasteiger partial charge on any atom is -0.465 e. The van der Waals surface area contributed by atoms with Crippen LogP contribution in [0.4, 0.5) is 5.69 Å². The van der Waals surface area contributed by atoms with Crippen LogP contribution < -0.4 is 10.9 Å². The number of methoxy groups -OCH3 is 1. The fourth-order valence-corrected chi connectivity index (χ4v) is 3.91. The minimum absolute atomic E-state index is 0.114. The van der Waals surface area contributed by atoms with Crippen LogP contribution in [-0.2, 0) is 16.1 Å². The lowest BCUT2D eigenvalue weighted by Gasteiger charge is -2.11. The van der Waals surface area contributed by atoms with E-state index in [2.05, 4.69) is 15.4 Å². The number of rotatable bonds is 4. The van der Waals surface area contributed by atoms with Crippen LogP contribution in [0.5, 0.6) is 0 Å². The van der Waals surface area contributed by atoms with Gasteiger partial charge in [-0.05, 0) is 32.0 Å². The van der Waals surface area contributed by atoms with Crippen molar-refractivity contribution in [2.75, 3.05) is 12.4 Å². The highest BCUT2D eigenvalue weighted by Gasteiger charge is 2.19. The summed E-state index contributed by atoms with van der Waals surface area (Å²) in [5.74, 6) is -0.937. The summed E-state index contributed by atoms with van der Waals surface area (Å²) in [7, 11) is 1.28. The number of ether oxygens (including phenoxy) is 1. The van der Waals surface area contributed by atoms with Crippen LogP contribution in [0.1, 0.15) is 21.1 Å². The van der Waals surface area contributed by atoms with Gasteiger partial charge in [0.2, 0.25) is 10.9 Å². The van der Waals surface area contributed by atoms with E-state index >= 15 is 0 Å². The van der Waals surface area contributed by atoms with Crippen LogP contribution in [-0.4, -0.2) is 38.2 Å². The lowest BCUT2D eigenvalue weighted by Crippen LogP contribution is -2.24. The van der Waals surface area contributed by atoms with Gasteiger partial charge in [0.25, 0.3) is 5.56 Å². The first-order valence-corrected chi connectivity index (χ1v) is 9.54. The van der Waals surface area contributed by atoms with Crippen molar-refractivity contribution in [1.82, 2.24) is 19.2 Å². The molecule has 0 spiro atoms. The first kappa shape index (κ1) is 18.8. The minimum atomic E-state index is -0.549. The average Bonchev–Trinajstić information content (AvgIpc) is 3.21. The number of benzene rings is 1. The number of carbonyl (C=O) groups excluding carboxylic acids is 2. The van der Waals surface area contributed by atoms with E-state index in [0.29, 0.717) is 21.7 Å². The number of nitrogens with one attached hydrogen (secondary N) is 1. The Bertz CT molecular complexity index is 1330. The quantitative estimate of drug-likeness (QED) is 0.516. The summed E-state index contributed by atoms with van der Waals surface area (Å²) in [6.45, 7) is 3.49. The number of hydrogen-bond donors (Lipinski definition) is 1. The summed E-state index contributed by atoms with van der Waals surface area (Å²) < 4.78 is 7.60. The fourth-order valence-electron chi connectivity index (χ4n) is 3.17. The molecule has 1 N–H and O–H groups in total. The number of carbonyl (C=O) groups is 2. The van der Waals surface area contributed by atoms with E-state index in [-0.39, 0.29) is 23.6 Å². The van der Waals surface area contributed by atoms with Crippen LogP contribution in [0.3, 0.4) is 0 Å². The third kappa shape index (κ3) is 3.27. The second kappa shape index (κ2) is 7.13. The Hall–Kier alpha value is -3.53. The van der Waals surface area contributed by atoms with E-state index in [9.17, 15) is 14.4 Å². The molecule has 4 rings (SSSR count). The molecule has 1 amide bonds. The van der Waals surface area contributed by atoms with Gasteiger partial charge in [-0.3, -0.25) is 9.59 Å². The van der Waals surface area contributed by atoms with Gasteiger partial charge in [-0.25, -0.2) is 9.78 Å². The largest absolute Gasteiger partial charge is 0.465 e. The van der Waals surface area contributed by atoms with Crippen LogP contribution >= 0.6 is 11.3 Å². The maximum atomic E-state index is 12.9. The predicted octanol–water partition coefficient (Wildman–Crippen LogP) is 2.15. The molecule has 4 aromatic rings. The number of esters is 1. The number of aryl methyl sites for hydroxylation is 2. The zero-order chi connectivity index (χ0) is 20.7. The topological polar surface area (TPSA) is 108 Å². The maximum Gasteiger partial charge on any atom is 0.339 e. The molecule has 3 aromatic heterocycles. The maximum absolute atomic E-state index is 12.9. The zero-order valence-electron chi connectivity index (χ0n) is 15.9. The van der Waals surface area contributed by atoms with E-state index in [1.807, 2.05) is 0 Å². The molecule has 0 aliphatic rings. The summed E-state index contributed by atoms with van der Waals surface area (Å²) in [5.41, 5.74) is 1.80. The standard InChI is InChI=1S/C19H17N5O4S/c1-10-8-14-16(17(26)24-19(21-14)29-11(2)22-24)23(10)9-15(25)20-13-7-5-4-6-12(13)18(27)28-3/h4-8H,9H2,1-3H3,(H,20,25). The molecule has 0 bridgehead atoms. The van der Waals surface area contributed by atoms with Gasteiger partial charge in [-0.15, -0.1) is 0 Å². The van der Waals surface area contributed by atoms with Crippen molar-refractivity contribution in [3.8, 4) is 0 Å². The molecule has 9 nitrogen and oxygen atoms in total. The second-order valence-electron chi connectivity index (χ2n) is 6.42. The van der Waals surface area contributed by atoms with E-state index in [1.54, 1.807) is 48.7 Å². The normalized spacial score (nSPS) is 11.1. The third-order valence-corrected chi connectivity index (χ3v) is 5.29. The molecule has 1 aromatic carbocycles. The van der Waals surface area contributed by atoms with Crippen LogP contribution in [0.25, 0.3) is 16.0 Å². The molecule has 10 heteroatoms. The number of anilines is 1. The molecular formula is C19H17N5O4S. The average molecular weight is 411 g/mol. The first-order chi connectivity index (χ1) is 13.9. The molecule has 0 unspecified atom stereocenters. The van der Waals surface area contributed by atoms with Gasteiger partial charge >= 0.3 is 5.97 Å². The van der Waals surface area contributed by atoms with E-state index < -0.39 is 5.97 Å². The van der Waals surface area contributed by atoms with Crippen molar-refractivity contribution < 1.29 is 14.3 Å². The van der Waals surface area contributed by atoms with Crippen LogP contribution in [0.2, 0.25) is 0 Å². The Kier molecular flexibility index (Phi) is 4.63. The highest BCUT2D eigenvalue weighted by atomic mass is 32.1. The summed E-state index contributed by atoms with van der Waals surface area (Å²) in [6, 6.07) is 8.33. The van der Waals surface area contributed by atoms with Gasteiger partial charge in [-0.1, -0.05) is 23.5 Å². The Labute approximate surface area is 168 Å². The molecule has 3 heterocycles. The Morgan fingerprint density at radius 1 is 1.24 bits per heavy atom.